The van der Waals surface area contributed by atoms with Gasteiger partial charge in [-0.05, 0) is 31.9 Å². The van der Waals surface area contributed by atoms with E-state index < -0.39 is 0 Å². The van der Waals surface area contributed by atoms with E-state index in [0.29, 0.717) is 11.8 Å². The van der Waals surface area contributed by atoms with Crippen LogP contribution in [0.1, 0.15) is 32.6 Å². The van der Waals surface area contributed by atoms with E-state index in [1.165, 1.54) is 21.0 Å². The maximum absolute atomic E-state index is 6.15. The third-order valence-corrected chi connectivity index (χ3v) is 4.78. The first-order valence-corrected chi connectivity index (χ1v) is 7.51. The van der Waals surface area contributed by atoms with Crippen LogP contribution in [0.2, 0.25) is 0 Å². The van der Waals surface area contributed by atoms with Gasteiger partial charge >= 0.3 is 0 Å². The van der Waals surface area contributed by atoms with Gasteiger partial charge < -0.3 is 0 Å². The summed E-state index contributed by atoms with van der Waals surface area (Å²) in [5.74, 6) is 1.00. The summed E-state index contributed by atoms with van der Waals surface area (Å²) >= 11 is 7.94. The SMILES string of the molecule is Cc1ccccc1C(CCl)Cc1nc(C)c(C)s1. The van der Waals surface area contributed by atoms with Crippen molar-refractivity contribution in [2.24, 2.45) is 0 Å². The zero-order valence-corrected chi connectivity index (χ0v) is 12.6. The van der Waals surface area contributed by atoms with Crippen LogP contribution in [0.4, 0.5) is 0 Å². The summed E-state index contributed by atoms with van der Waals surface area (Å²) in [5.41, 5.74) is 3.80. The second kappa shape index (κ2) is 5.85. The van der Waals surface area contributed by atoms with Gasteiger partial charge in [-0.15, -0.1) is 22.9 Å². The van der Waals surface area contributed by atoms with Gasteiger partial charge in [-0.3, -0.25) is 0 Å². The van der Waals surface area contributed by atoms with Crippen LogP contribution in [0.3, 0.4) is 0 Å². The molecule has 3 heteroatoms. The van der Waals surface area contributed by atoms with Crippen molar-refractivity contribution in [3.8, 4) is 0 Å². The van der Waals surface area contributed by atoms with Gasteiger partial charge in [-0.1, -0.05) is 24.3 Å². The van der Waals surface area contributed by atoms with Gasteiger partial charge in [0, 0.05) is 23.1 Å². The summed E-state index contributed by atoms with van der Waals surface area (Å²) in [6.07, 6.45) is 0.938. The number of benzene rings is 1. The number of aryl methyl sites for hydroxylation is 3. The molecule has 2 rings (SSSR count). The topological polar surface area (TPSA) is 12.9 Å². The van der Waals surface area contributed by atoms with Crippen molar-refractivity contribution in [2.75, 3.05) is 5.88 Å². The van der Waals surface area contributed by atoms with Crippen LogP contribution < -0.4 is 0 Å². The first kappa shape index (κ1) is 13.6. The summed E-state index contributed by atoms with van der Waals surface area (Å²) in [6, 6.07) is 8.48. The Bertz CT molecular complexity index is 514. The van der Waals surface area contributed by atoms with Gasteiger partial charge in [0.15, 0.2) is 0 Å². The monoisotopic (exact) mass is 279 g/mol. The van der Waals surface area contributed by atoms with Gasteiger partial charge in [-0.25, -0.2) is 4.98 Å². The molecule has 96 valence electrons. The van der Waals surface area contributed by atoms with Crippen LogP contribution in [0.5, 0.6) is 0 Å². The van der Waals surface area contributed by atoms with Crippen molar-refractivity contribution in [3.63, 3.8) is 0 Å². The molecule has 1 aromatic carbocycles. The lowest BCUT2D eigenvalue weighted by Crippen LogP contribution is -2.06. The smallest absolute Gasteiger partial charge is 0.0937 e. The molecule has 1 aromatic heterocycles. The number of rotatable bonds is 4. The molecule has 0 fully saturated rings. The molecule has 0 aliphatic carbocycles. The molecule has 0 spiro atoms. The molecule has 0 saturated carbocycles. The normalized spacial score (nSPS) is 12.7. The third-order valence-electron chi connectivity index (χ3n) is 3.31. The zero-order chi connectivity index (χ0) is 13.1. The van der Waals surface area contributed by atoms with Crippen LogP contribution in [0, 0.1) is 20.8 Å². The van der Waals surface area contributed by atoms with Crippen molar-refractivity contribution in [2.45, 2.75) is 33.1 Å². The summed E-state index contributed by atoms with van der Waals surface area (Å²) in [5, 5.41) is 1.19. The minimum Gasteiger partial charge on any atom is -0.246 e. The molecule has 2 aromatic rings. The van der Waals surface area contributed by atoms with E-state index in [0.717, 1.165) is 12.1 Å². The Morgan fingerprint density at radius 1 is 1.22 bits per heavy atom. The molecule has 0 radical (unpaired) electrons. The third kappa shape index (κ3) is 2.93. The first-order chi connectivity index (χ1) is 8.61. The lowest BCUT2D eigenvalue weighted by atomic mass is 9.94. The average Bonchev–Trinajstić information content (AvgIpc) is 2.66. The van der Waals surface area contributed by atoms with E-state index in [1.807, 2.05) is 0 Å². The Balaban J connectivity index is 2.22. The second-order valence-corrected chi connectivity index (χ2v) is 6.26. The number of hydrogen-bond acceptors (Lipinski definition) is 2. The van der Waals surface area contributed by atoms with Crippen molar-refractivity contribution in [3.05, 3.63) is 51.0 Å². The molecule has 0 saturated heterocycles. The summed E-state index contributed by atoms with van der Waals surface area (Å²) in [6.45, 7) is 6.34. The van der Waals surface area contributed by atoms with Crippen LogP contribution >= 0.6 is 22.9 Å². The van der Waals surface area contributed by atoms with Crippen LogP contribution in [0.15, 0.2) is 24.3 Å². The minimum atomic E-state index is 0.359. The van der Waals surface area contributed by atoms with E-state index in [-0.39, 0.29) is 0 Å². The molecule has 1 unspecified atom stereocenters. The minimum absolute atomic E-state index is 0.359. The average molecular weight is 280 g/mol. The predicted octanol–water partition coefficient (Wildman–Crippen LogP) is 4.63. The van der Waals surface area contributed by atoms with E-state index >= 15 is 0 Å². The highest BCUT2D eigenvalue weighted by Crippen LogP contribution is 2.27. The van der Waals surface area contributed by atoms with Crippen molar-refractivity contribution in [1.29, 1.82) is 0 Å². The molecule has 18 heavy (non-hydrogen) atoms. The van der Waals surface area contributed by atoms with Crippen molar-refractivity contribution >= 4 is 22.9 Å². The molecule has 0 N–H and O–H groups in total. The Kier molecular flexibility index (Phi) is 4.41. The first-order valence-electron chi connectivity index (χ1n) is 6.16. The summed E-state index contributed by atoms with van der Waals surface area (Å²) in [4.78, 5) is 5.92. The highest BCUT2D eigenvalue weighted by Gasteiger charge is 2.15. The molecule has 0 amide bonds. The van der Waals surface area contributed by atoms with E-state index in [2.05, 4.69) is 50.0 Å². The maximum Gasteiger partial charge on any atom is 0.0937 e. The number of thiazole rings is 1. The molecule has 1 heterocycles. The van der Waals surface area contributed by atoms with Crippen LogP contribution in [-0.2, 0) is 6.42 Å². The lowest BCUT2D eigenvalue weighted by Gasteiger charge is -2.15. The fourth-order valence-corrected chi connectivity index (χ4v) is 3.42. The van der Waals surface area contributed by atoms with Gasteiger partial charge in [-0.2, -0.15) is 0 Å². The fourth-order valence-electron chi connectivity index (χ4n) is 2.13. The zero-order valence-electron chi connectivity index (χ0n) is 11.0. The van der Waals surface area contributed by atoms with E-state index in [1.54, 1.807) is 11.3 Å². The summed E-state index contributed by atoms with van der Waals surface area (Å²) in [7, 11) is 0. The van der Waals surface area contributed by atoms with Gasteiger partial charge in [0.05, 0.1) is 10.7 Å². The number of alkyl halides is 1. The molecular weight excluding hydrogens is 262 g/mol. The van der Waals surface area contributed by atoms with Gasteiger partial charge in [0.2, 0.25) is 0 Å². The van der Waals surface area contributed by atoms with Crippen molar-refractivity contribution in [1.82, 2.24) is 4.98 Å². The lowest BCUT2D eigenvalue weighted by molar-refractivity contribution is 0.753. The number of hydrogen-bond donors (Lipinski definition) is 0. The summed E-state index contributed by atoms with van der Waals surface area (Å²) < 4.78 is 0. The quantitative estimate of drug-likeness (QED) is 0.744. The molecule has 1 atom stereocenters. The molecule has 0 aliphatic heterocycles. The highest BCUT2D eigenvalue weighted by atomic mass is 35.5. The maximum atomic E-state index is 6.15. The number of nitrogens with zero attached hydrogens (tertiary/aromatic N) is 1. The second-order valence-electron chi connectivity index (χ2n) is 4.66. The van der Waals surface area contributed by atoms with E-state index in [9.17, 15) is 0 Å². The van der Waals surface area contributed by atoms with Gasteiger partial charge in [0.25, 0.3) is 0 Å². The Morgan fingerprint density at radius 2 is 1.94 bits per heavy atom. The number of halogens is 1. The largest absolute Gasteiger partial charge is 0.246 e. The predicted molar refractivity (Wildman–Crippen MR) is 79.9 cm³/mol. The molecular formula is C15H18ClNS. The molecule has 0 bridgehead atoms. The Labute approximate surface area is 118 Å². The van der Waals surface area contributed by atoms with Crippen molar-refractivity contribution < 1.29 is 0 Å². The van der Waals surface area contributed by atoms with E-state index in [4.69, 9.17) is 11.6 Å². The molecule has 1 nitrogen and oxygen atoms in total. The Morgan fingerprint density at radius 3 is 2.50 bits per heavy atom. The highest BCUT2D eigenvalue weighted by molar-refractivity contribution is 7.11. The van der Waals surface area contributed by atoms with Crippen LogP contribution in [-0.4, -0.2) is 10.9 Å². The molecule has 0 aliphatic rings. The van der Waals surface area contributed by atoms with Crippen LogP contribution in [0.25, 0.3) is 0 Å². The van der Waals surface area contributed by atoms with Gasteiger partial charge in [0.1, 0.15) is 0 Å². The standard InChI is InChI=1S/C15H18ClNS/c1-10-6-4-5-7-14(10)13(9-16)8-15-17-11(2)12(3)18-15/h4-7,13H,8-9H2,1-3H3. The fraction of sp³-hybridized carbons (Fsp3) is 0.400. The Hall–Kier alpha value is -0.860. The number of aromatic nitrogens is 1.